The summed E-state index contributed by atoms with van der Waals surface area (Å²) in [5.74, 6) is -0.121. The summed E-state index contributed by atoms with van der Waals surface area (Å²) in [6.45, 7) is 5.34. The van der Waals surface area contributed by atoms with Crippen LogP contribution < -0.4 is 21.1 Å². The van der Waals surface area contributed by atoms with E-state index in [1.165, 1.54) is 15.6 Å². The highest BCUT2D eigenvalue weighted by Gasteiger charge is 2.33. The van der Waals surface area contributed by atoms with E-state index in [0.29, 0.717) is 11.4 Å². The number of nitrogens with one attached hydrogen (secondary N) is 2. The van der Waals surface area contributed by atoms with E-state index >= 15 is 0 Å². The van der Waals surface area contributed by atoms with E-state index in [-0.39, 0.29) is 52.9 Å². The van der Waals surface area contributed by atoms with Crippen LogP contribution in [0.3, 0.4) is 0 Å². The number of anilines is 3. The molecule has 13 heteroatoms. The van der Waals surface area contributed by atoms with Crippen molar-refractivity contribution in [2.45, 2.75) is 89.2 Å². The monoisotopic (exact) mass is 595 g/mol. The Morgan fingerprint density at radius 3 is 2.44 bits per heavy atom. The number of rotatable bonds is 8. The van der Waals surface area contributed by atoms with E-state index in [9.17, 15) is 14.4 Å². The van der Waals surface area contributed by atoms with Gasteiger partial charge < -0.3 is 29.4 Å². The van der Waals surface area contributed by atoms with E-state index in [1.807, 2.05) is 6.07 Å². The molecule has 3 heterocycles. The Hall–Kier alpha value is -3.97. The number of amides is 2. The smallest absolute Gasteiger partial charge is 0.414 e. The minimum atomic E-state index is -0.728. The molecule has 13 nitrogen and oxygen atoms in total. The normalized spacial score (nSPS) is 22.1. The molecular formula is C30H41N7O6. The summed E-state index contributed by atoms with van der Waals surface area (Å²) in [5, 5.41) is 10.8. The average Bonchev–Trinajstić information content (AvgIpc) is 3.39. The number of carbonyl (C=O) groups is 2. The molecule has 43 heavy (non-hydrogen) atoms. The first-order valence-electron chi connectivity index (χ1n) is 14.7. The molecule has 0 bridgehead atoms. The Kier molecular flexibility index (Phi) is 8.74. The van der Waals surface area contributed by atoms with Crippen LogP contribution in [0.25, 0.3) is 5.65 Å². The molecule has 3 aromatic heterocycles. The molecule has 0 aromatic carbocycles. The van der Waals surface area contributed by atoms with Crippen LogP contribution in [0, 0.1) is 0 Å². The molecule has 0 spiro atoms. The number of carbonyl (C=O) groups excluding carboxylic acids is 2. The van der Waals surface area contributed by atoms with E-state index < -0.39 is 11.7 Å². The Bertz CT molecular complexity index is 1530. The van der Waals surface area contributed by atoms with Crippen molar-refractivity contribution in [3.05, 3.63) is 46.6 Å². The van der Waals surface area contributed by atoms with Crippen molar-refractivity contribution < 1.29 is 23.8 Å². The molecule has 0 aliphatic heterocycles. The zero-order valence-electron chi connectivity index (χ0n) is 25.6. The van der Waals surface area contributed by atoms with Gasteiger partial charge in [-0.2, -0.15) is 0 Å². The molecule has 1 unspecified atom stereocenters. The number of hydrogen-bond donors (Lipinski definition) is 2. The number of pyridine rings is 1. The highest BCUT2D eigenvalue weighted by Crippen LogP contribution is 2.30. The number of imidazole rings is 1. The Morgan fingerprint density at radius 1 is 1.07 bits per heavy atom. The van der Waals surface area contributed by atoms with Gasteiger partial charge >= 0.3 is 6.09 Å². The number of nitrogens with zero attached hydrogens (tertiary/aromatic N) is 5. The van der Waals surface area contributed by atoms with Gasteiger partial charge in [-0.1, -0.05) is 0 Å². The van der Waals surface area contributed by atoms with Crippen molar-refractivity contribution >= 4 is 34.8 Å². The van der Waals surface area contributed by atoms with Crippen molar-refractivity contribution in [3.63, 3.8) is 0 Å². The third kappa shape index (κ3) is 6.52. The quantitative estimate of drug-likeness (QED) is 0.395. The van der Waals surface area contributed by atoms with Crippen molar-refractivity contribution in [3.8, 4) is 0 Å². The van der Waals surface area contributed by atoms with Crippen molar-refractivity contribution in [2.24, 2.45) is 0 Å². The first kappa shape index (κ1) is 30.5. The topological polar surface area (TPSA) is 141 Å². The SMILES string of the molecule is CO[C@H]1CCC1NC(=O)c1cnc2c(N(C)C(=O)OC(C)(C)C)cc(Nc3cccn([C@H]4CC[C@H](OC)CC4)c3=O)nn12. The lowest BCUT2D eigenvalue weighted by Crippen LogP contribution is -2.51. The molecule has 2 aliphatic rings. The fraction of sp³-hybridized carbons (Fsp3) is 0.567. The van der Waals surface area contributed by atoms with Gasteiger partial charge in [0, 0.05) is 39.6 Å². The van der Waals surface area contributed by atoms with Crippen LogP contribution in [0.2, 0.25) is 0 Å². The summed E-state index contributed by atoms with van der Waals surface area (Å²) in [7, 11) is 4.90. The third-order valence-electron chi connectivity index (χ3n) is 8.15. The predicted octanol–water partition coefficient (Wildman–Crippen LogP) is 4.04. The highest BCUT2D eigenvalue weighted by atomic mass is 16.6. The van der Waals surface area contributed by atoms with E-state index in [0.717, 1.165) is 38.5 Å². The Balaban J connectivity index is 1.50. The zero-order valence-corrected chi connectivity index (χ0v) is 25.6. The number of hydrogen-bond acceptors (Lipinski definition) is 9. The minimum Gasteiger partial charge on any atom is -0.443 e. The van der Waals surface area contributed by atoms with Gasteiger partial charge in [0.2, 0.25) is 0 Å². The average molecular weight is 596 g/mol. The Labute approximate surface area is 250 Å². The van der Waals surface area contributed by atoms with E-state index in [4.69, 9.17) is 14.2 Å². The van der Waals surface area contributed by atoms with Gasteiger partial charge in [0.05, 0.1) is 30.1 Å². The van der Waals surface area contributed by atoms with Gasteiger partial charge in [0.15, 0.2) is 17.2 Å². The number of aromatic nitrogens is 4. The Morgan fingerprint density at radius 2 is 1.81 bits per heavy atom. The van der Waals surface area contributed by atoms with Gasteiger partial charge in [-0.25, -0.2) is 14.3 Å². The lowest BCUT2D eigenvalue weighted by Gasteiger charge is -2.35. The van der Waals surface area contributed by atoms with Crippen molar-refractivity contribution in [1.82, 2.24) is 24.5 Å². The summed E-state index contributed by atoms with van der Waals surface area (Å²) >= 11 is 0. The molecule has 2 saturated carbocycles. The molecule has 2 aliphatic carbocycles. The van der Waals surface area contributed by atoms with Gasteiger partial charge in [0.1, 0.15) is 11.3 Å². The van der Waals surface area contributed by atoms with Gasteiger partial charge in [0.25, 0.3) is 11.5 Å². The maximum absolute atomic E-state index is 13.6. The third-order valence-corrected chi connectivity index (χ3v) is 8.15. The molecule has 2 fully saturated rings. The molecule has 2 N–H and O–H groups in total. The summed E-state index contributed by atoms with van der Waals surface area (Å²) in [6, 6.07) is 5.07. The van der Waals surface area contributed by atoms with Crippen LogP contribution in [0.15, 0.2) is 35.4 Å². The molecule has 3 aromatic rings. The summed E-state index contributed by atoms with van der Waals surface area (Å²) in [5.41, 5.74) is 0.206. The zero-order chi connectivity index (χ0) is 30.9. The van der Waals surface area contributed by atoms with Crippen LogP contribution in [-0.4, -0.2) is 76.3 Å². The van der Waals surface area contributed by atoms with E-state index in [2.05, 4.69) is 20.7 Å². The summed E-state index contributed by atoms with van der Waals surface area (Å²) in [4.78, 5) is 45.7. The van der Waals surface area contributed by atoms with Crippen molar-refractivity contribution in [2.75, 3.05) is 31.5 Å². The van der Waals surface area contributed by atoms with Crippen LogP contribution in [-0.2, 0) is 14.2 Å². The second kappa shape index (κ2) is 12.3. The number of ether oxygens (including phenoxy) is 3. The second-order valence-corrected chi connectivity index (χ2v) is 12.2. The van der Waals surface area contributed by atoms with Gasteiger partial charge in [-0.15, -0.1) is 5.10 Å². The summed E-state index contributed by atoms with van der Waals surface area (Å²) < 4.78 is 19.6. The highest BCUT2D eigenvalue weighted by molar-refractivity contribution is 5.96. The fourth-order valence-corrected chi connectivity index (χ4v) is 5.59. The maximum atomic E-state index is 13.6. The molecule has 0 saturated heterocycles. The van der Waals surface area contributed by atoms with Crippen LogP contribution in [0.5, 0.6) is 0 Å². The van der Waals surface area contributed by atoms with Gasteiger partial charge in [-0.05, 0) is 71.4 Å². The lowest BCUT2D eigenvalue weighted by atomic mass is 9.89. The molecule has 2 atom stereocenters. The predicted molar refractivity (Wildman–Crippen MR) is 161 cm³/mol. The van der Waals surface area contributed by atoms with Crippen LogP contribution >= 0.6 is 0 Å². The van der Waals surface area contributed by atoms with Crippen LogP contribution in [0.4, 0.5) is 22.0 Å². The molecule has 5 rings (SSSR count). The number of fused-ring (bicyclic) bond motifs is 1. The minimum absolute atomic E-state index is 0.0491. The molecule has 0 radical (unpaired) electrons. The molecular weight excluding hydrogens is 554 g/mol. The lowest BCUT2D eigenvalue weighted by molar-refractivity contribution is 0.00718. The first-order chi connectivity index (χ1) is 20.5. The largest absolute Gasteiger partial charge is 0.443 e. The second-order valence-electron chi connectivity index (χ2n) is 12.2. The first-order valence-corrected chi connectivity index (χ1v) is 14.7. The molecule has 2 amide bonds. The van der Waals surface area contributed by atoms with E-state index in [1.54, 1.807) is 64.9 Å². The number of methoxy groups -OCH3 is 2. The van der Waals surface area contributed by atoms with Gasteiger partial charge in [-0.3, -0.25) is 14.5 Å². The summed E-state index contributed by atoms with van der Waals surface area (Å²) in [6.07, 6.45) is 7.92. The maximum Gasteiger partial charge on any atom is 0.414 e. The standard InChI is InChI=1S/C30H41N7O6/c1-30(2,3)43-29(40)35(4)22-16-25(32-21-8-7-15-36(28(21)39)18-9-11-19(41-5)12-10-18)34-37-23(17-31-26(22)37)27(38)33-20-13-14-24(20)42-6/h7-8,15-20,24H,9-14H2,1-6H3,(H,32,34)(H,33,38)/t18-,19-,20?,24-/m0/s1. The molecule has 232 valence electrons. The van der Waals surface area contributed by atoms with Crippen molar-refractivity contribution in [1.29, 1.82) is 0 Å². The fourth-order valence-electron chi connectivity index (χ4n) is 5.59. The van der Waals surface area contributed by atoms with Crippen LogP contribution in [0.1, 0.15) is 75.8 Å².